The van der Waals surface area contributed by atoms with Gasteiger partial charge >= 0.3 is 5.97 Å². The van der Waals surface area contributed by atoms with Crippen molar-refractivity contribution in [1.82, 2.24) is 0 Å². The lowest BCUT2D eigenvalue weighted by atomic mass is 10.3. The van der Waals surface area contributed by atoms with E-state index in [1.165, 1.54) is 0 Å². The van der Waals surface area contributed by atoms with Crippen LogP contribution < -0.4 is 0 Å². The van der Waals surface area contributed by atoms with Gasteiger partial charge in [0.15, 0.2) is 0 Å². The van der Waals surface area contributed by atoms with Crippen molar-refractivity contribution in [2.24, 2.45) is 0 Å². The standard InChI is InChI=1S/C5H11O3P/c6-5(7)2-1-3-8-4-9/h1-4,9H2,(H,6,7). The molecule has 3 nitrogen and oxygen atoms in total. The summed E-state index contributed by atoms with van der Waals surface area (Å²) >= 11 is 0. The molecule has 0 aromatic carbocycles. The van der Waals surface area contributed by atoms with Crippen molar-refractivity contribution < 1.29 is 14.6 Å². The van der Waals surface area contributed by atoms with E-state index in [2.05, 4.69) is 9.24 Å². The summed E-state index contributed by atoms with van der Waals surface area (Å²) in [5.74, 6) is -0.762. The van der Waals surface area contributed by atoms with Crippen LogP contribution in [0.2, 0.25) is 0 Å². The van der Waals surface area contributed by atoms with E-state index < -0.39 is 5.97 Å². The first-order valence-corrected chi connectivity index (χ1v) is 3.58. The second-order valence-electron chi connectivity index (χ2n) is 1.57. The number of carboxylic acid groups (broad SMARTS) is 1. The molecule has 0 aromatic rings. The van der Waals surface area contributed by atoms with Gasteiger partial charge in [0.05, 0.1) is 6.35 Å². The Bertz CT molecular complexity index is 84.3. The zero-order valence-corrected chi connectivity index (χ0v) is 6.32. The predicted molar refractivity (Wildman–Crippen MR) is 37.4 cm³/mol. The minimum atomic E-state index is -0.762. The summed E-state index contributed by atoms with van der Waals surface area (Å²) in [5.41, 5.74) is 0. The largest absolute Gasteiger partial charge is 0.481 e. The SMILES string of the molecule is O=C(O)CCCOCP. The quantitative estimate of drug-likeness (QED) is 0.463. The van der Waals surface area contributed by atoms with E-state index in [9.17, 15) is 4.79 Å². The van der Waals surface area contributed by atoms with Crippen LogP contribution in [0, 0.1) is 0 Å². The second kappa shape index (κ2) is 5.99. The Morgan fingerprint density at radius 2 is 2.33 bits per heavy atom. The molecule has 0 aliphatic rings. The van der Waals surface area contributed by atoms with Gasteiger partial charge in [-0.1, -0.05) is 0 Å². The van der Waals surface area contributed by atoms with Crippen LogP contribution in [-0.2, 0) is 9.53 Å². The van der Waals surface area contributed by atoms with Crippen molar-refractivity contribution in [2.75, 3.05) is 13.0 Å². The van der Waals surface area contributed by atoms with Crippen LogP contribution in [0.4, 0.5) is 0 Å². The van der Waals surface area contributed by atoms with Crippen molar-refractivity contribution in [3.05, 3.63) is 0 Å². The van der Waals surface area contributed by atoms with E-state index >= 15 is 0 Å². The number of carbonyl (C=O) groups is 1. The highest BCUT2D eigenvalue weighted by molar-refractivity contribution is 7.16. The van der Waals surface area contributed by atoms with Gasteiger partial charge in [0.1, 0.15) is 0 Å². The molecule has 0 radical (unpaired) electrons. The van der Waals surface area contributed by atoms with Gasteiger partial charge in [0.25, 0.3) is 0 Å². The Kier molecular flexibility index (Phi) is 5.89. The fourth-order valence-corrected chi connectivity index (χ4v) is 0.575. The number of carboxylic acids is 1. The Morgan fingerprint density at radius 3 is 2.78 bits per heavy atom. The molecule has 9 heavy (non-hydrogen) atoms. The Labute approximate surface area is 56.6 Å². The predicted octanol–water partition coefficient (Wildman–Crippen LogP) is 0.700. The van der Waals surface area contributed by atoms with Crippen molar-refractivity contribution in [3.63, 3.8) is 0 Å². The highest BCUT2D eigenvalue weighted by Gasteiger charge is 1.94. The van der Waals surface area contributed by atoms with Crippen LogP contribution in [0.1, 0.15) is 12.8 Å². The zero-order valence-electron chi connectivity index (χ0n) is 5.17. The fourth-order valence-electron chi connectivity index (χ4n) is 0.409. The minimum Gasteiger partial charge on any atom is -0.481 e. The number of hydrogen-bond acceptors (Lipinski definition) is 2. The number of aliphatic carboxylic acids is 1. The van der Waals surface area contributed by atoms with E-state index in [4.69, 9.17) is 9.84 Å². The maximum Gasteiger partial charge on any atom is 0.303 e. The molecule has 0 rings (SSSR count). The average Bonchev–Trinajstić information content (AvgIpc) is 1.80. The summed E-state index contributed by atoms with van der Waals surface area (Å²) in [7, 11) is 2.40. The third kappa shape index (κ3) is 7.86. The van der Waals surface area contributed by atoms with Crippen LogP contribution in [0.5, 0.6) is 0 Å². The third-order valence-electron chi connectivity index (χ3n) is 0.797. The van der Waals surface area contributed by atoms with Gasteiger partial charge in [-0.15, -0.1) is 9.24 Å². The van der Waals surface area contributed by atoms with Crippen molar-refractivity contribution >= 4 is 15.2 Å². The first kappa shape index (κ1) is 8.86. The van der Waals surface area contributed by atoms with E-state index in [0.29, 0.717) is 19.4 Å². The van der Waals surface area contributed by atoms with Crippen molar-refractivity contribution in [3.8, 4) is 0 Å². The first-order valence-electron chi connectivity index (χ1n) is 2.77. The van der Waals surface area contributed by atoms with Crippen LogP contribution in [0.15, 0.2) is 0 Å². The Balaban J connectivity index is 2.83. The Morgan fingerprint density at radius 1 is 1.67 bits per heavy atom. The normalized spacial score (nSPS) is 9.44. The molecule has 1 N–H and O–H groups in total. The maximum atomic E-state index is 9.90. The average molecular weight is 150 g/mol. The lowest BCUT2D eigenvalue weighted by molar-refractivity contribution is -0.137. The highest BCUT2D eigenvalue weighted by atomic mass is 31.0. The summed E-state index contributed by atoms with van der Waals surface area (Å²) in [5, 5.41) is 8.15. The van der Waals surface area contributed by atoms with E-state index in [-0.39, 0.29) is 6.42 Å². The topological polar surface area (TPSA) is 46.5 Å². The first-order chi connectivity index (χ1) is 4.27. The molecule has 0 aliphatic carbocycles. The van der Waals surface area contributed by atoms with Gasteiger partial charge in [-0.05, 0) is 6.42 Å². The lowest BCUT2D eigenvalue weighted by Crippen LogP contribution is -1.98. The van der Waals surface area contributed by atoms with Crippen LogP contribution in [0.25, 0.3) is 0 Å². The number of ether oxygens (including phenoxy) is 1. The minimum absolute atomic E-state index is 0.199. The molecule has 0 fully saturated rings. The summed E-state index contributed by atoms with van der Waals surface area (Å²) in [6.45, 7) is 0.538. The number of rotatable bonds is 5. The summed E-state index contributed by atoms with van der Waals surface area (Å²) in [6.07, 6.45) is 1.38. The summed E-state index contributed by atoms with van der Waals surface area (Å²) in [6, 6.07) is 0. The Hall–Kier alpha value is -0.140. The van der Waals surface area contributed by atoms with Gasteiger partial charge in [-0.25, -0.2) is 0 Å². The van der Waals surface area contributed by atoms with Gasteiger partial charge in [-0.2, -0.15) is 0 Å². The molecule has 1 atom stereocenters. The molecule has 0 aromatic heterocycles. The van der Waals surface area contributed by atoms with Crippen LogP contribution >= 0.6 is 9.24 Å². The molecule has 54 valence electrons. The lowest BCUT2D eigenvalue weighted by Gasteiger charge is -1.95. The molecule has 0 bridgehead atoms. The molecule has 0 amide bonds. The van der Waals surface area contributed by atoms with Crippen molar-refractivity contribution in [1.29, 1.82) is 0 Å². The van der Waals surface area contributed by atoms with Crippen LogP contribution in [0.3, 0.4) is 0 Å². The third-order valence-corrected chi connectivity index (χ3v) is 1.03. The van der Waals surface area contributed by atoms with Gasteiger partial charge in [0.2, 0.25) is 0 Å². The van der Waals surface area contributed by atoms with E-state index in [0.717, 1.165) is 0 Å². The van der Waals surface area contributed by atoms with Gasteiger partial charge in [0, 0.05) is 13.0 Å². The maximum absolute atomic E-state index is 9.90. The second-order valence-corrected chi connectivity index (χ2v) is 1.91. The molecule has 0 heterocycles. The van der Waals surface area contributed by atoms with Crippen molar-refractivity contribution in [2.45, 2.75) is 12.8 Å². The van der Waals surface area contributed by atoms with E-state index in [1.807, 2.05) is 0 Å². The molecule has 4 heteroatoms. The molecule has 1 unspecified atom stereocenters. The van der Waals surface area contributed by atoms with Crippen LogP contribution in [-0.4, -0.2) is 24.0 Å². The molecular formula is C5H11O3P. The number of hydrogen-bond donors (Lipinski definition) is 1. The fraction of sp³-hybridized carbons (Fsp3) is 0.800. The highest BCUT2D eigenvalue weighted by Crippen LogP contribution is 1.91. The van der Waals surface area contributed by atoms with Gasteiger partial charge < -0.3 is 9.84 Å². The summed E-state index contributed by atoms with van der Waals surface area (Å²) in [4.78, 5) is 9.90. The molecule has 0 aliphatic heterocycles. The zero-order chi connectivity index (χ0) is 7.11. The molecule has 0 spiro atoms. The summed E-state index contributed by atoms with van der Waals surface area (Å²) < 4.78 is 4.88. The van der Waals surface area contributed by atoms with E-state index in [1.54, 1.807) is 0 Å². The molecular weight excluding hydrogens is 139 g/mol. The monoisotopic (exact) mass is 150 g/mol. The van der Waals surface area contributed by atoms with Gasteiger partial charge in [-0.3, -0.25) is 4.79 Å². The molecule has 0 saturated carbocycles. The smallest absolute Gasteiger partial charge is 0.303 e. The molecule has 0 saturated heterocycles.